The summed E-state index contributed by atoms with van der Waals surface area (Å²) in [6.07, 6.45) is 6.87. The second kappa shape index (κ2) is 4.53. The average molecular weight is 229 g/mol. The molecule has 0 radical (unpaired) electrons. The van der Waals surface area contributed by atoms with Gasteiger partial charge in [0, 0.05) is 31.9 Å². The van der Waals surface area contributed by atoms with Gasteiger partial charge in [-0.3, -0.25) is 10.1 Å². The maximum absolute atomic E-state index is 4.53. The summed E-state index contributed by atoms with van der Waals surface area (Å²) in [5.41, 5.74) is 1.20. The largest absolute Gasteiger partial charge is 0.340 e. The van der Waals surface area contributed by atoms with Crippen LogP contribution in [0.3, 0.4) is 0 Å². The van der Waals surface area contributed by atoms with Crippen molar-refractivity contribution in [1.82, 2.24) is 20.2 Å². The van der Waals surface area contributed by atoms with Crippen molar-refractivity contribution in [3.63, 3.8) is 0 Å². The Morgan fingerprint density at radius 2 is 1.94 bits per heavy atom. The van der Waals surface area contributed by atoms with E-state index in [4.69, 9.17) is 0 Å². The smallest absolute Gasteiger partial charge is 0.244 e. The molecule has 5 heteroatoms. The van der Waals surface area contributed by atoms with E-state index in [9.17, 15) is 0 Å². The Balaban J connectivity index is 1.72. The van der Waals surface area contributed by atoms with Crippen LogP contribution in [-0.2, 0) is 6.42 Å². The predicted molar refractivity (Wildman–Crippen MR) is 64.9 cm³/mol. The third-order valence-corrected chi connectivity index (χ3v) is 3.03. The second-order valence-corrected chi connectivity index (χ2v) is 4.31. The van der Waals surface area contributed by atoms with E-state index in [1.54, 1.807) is 12.4 Å². The van der Waals surface area contributed by atoms with Gasteiger partial charge in [-0.25, -0.2) is 0 Å². The third-order valence-electron chi connectivity index (χ3n) is 3.03. The SMILES string of the molecule is c1cc(Cc2nc(N3CCCC3)n[nH]2)ccn1. The van der Waals surface area contributed by atoms with Gasteiger partial charge in [0.05, 0.1) is 0 Å². The molecule has 0 aliphatic carbocycles. The fourth-order valence-corrected chi connectivity index (χ4v) is 2.12. The monoisotopic (exact) mass is 229 g/mol. The van der Waals surface area contributed by atoms with Crippen LogP contribution in [0.1, 0.15) is 24.2 Å². The Bertz CT molecular complexity index is 473. The maximum Gasteiger partial charge on any atom is 0.244 e. The summed E-state index contributed by atoms with van der Waals surface area (Å²) in [7, 11) is 0. The number of aromatic amines is 1. The molecule has 5 nitrogen and oxygen atoms in total. The van der Waals surface area contributed by atoms with Gasteiger partial charge in [0.25, 0.3) is 0 Å². The first-order valence-corrected chi connectivity index (χ1v) is 5.97. The molecule has 1 fully saturated rings. The van der Waals surface area contributed by atoms with Gasteiger partial charge < -0.3 is 4.90 Å². The molecule has 0 saturated carbocycles. The standard InChI is InChI=1S/C12H15N5/c1-2-8-17(7-1)12-14-11(15-16-12)9-10-3-5-13-6-4-10/h3-6H,1-2,7-9H2,(H,14,15,16). The Hall–Kier alpha value is -1.91. The lowest BCUT2D eigenvalue weighted by molar-refractivity contribution is 0.903. The highest BCUT2D eigenvalue weighted by atomic mass is 15.4. The topological polar surface area (TPSA) is 57.7 Å². The van der Waals surface area contributed by atoms with Gasteiger partial charge in [0.2, 0.25) is 5.95 Å². The minimum Gasteiger partial charge on any atom is -0.340 e. The number of aromatic nitrogens is 4. The molecule has 1 aliphatic heterocycles. The van der Waals surface area contributed by atoms with Crippen molar-refractivity contribution >= 4 is 5.95 Å². The summed E-state index contributed by atoms with van der Waals surface area (Å²) in [5.74, 6) is 1.75. The molecular formula is C12H15N5. The van der Waals surface area contributed by atoms with Crippen LogP contribution in [0.2, 0.25) is 0 Å². The van der Waals surface area contributed by atoms with Gasteiger partial charge in [-0.1, -0.05) is 0 Å². The lowest BCUT2D eigenvalue weighted by Gasteiger charge is -2.10. The van der Waals surface area contributed by atoms with E-state index in [-0.39, 0.29) is 0 Å². The van der Waals surface area contributed by atoms with Crippen LogP contribution in [0.25, 0.3) is 0 Å². The quantitative estimate of drug-likeness (QED) is 0.864. The van der Waals surface area contributed by atoms with Crippen molar-refractivity contribution in [3.05, 3.63) is 35.9 Å². The van der Waals surface area contributed by atoms with Gasteiger partial charge in [-0.05, 0) is 30.5 Å². The molecule has 1 aliphatic rings. The fraction of sp³-hybridized carbons (Fsp3) is 0.417. The van der Waals surface area contributed by atoms with E-state index >= 15 is 0 Å². The minimum absolute atomic E-state index is 0.781. The van der Waals surface area contributed by atoms with Gasteiger partial charge in [-0.15, -0.1) is 5.10 Å². The number of rotatable bonds is 3. The summed E-state index contributed by atoms with van der Waals surface area (Å²) in [6.45, 7) is 2.15. The predicted octanol–water partition coefficient (Wildman–Crippen LogP) is 1.39. The van der Waals surface area contributed by atoms with E-state index in [0.717, 1.165) is 31.3 Å². The van der Waals surface area contributed by atoms with E-state index in [0.29, 0.717) is 0 Å². The van der Waals surface area contributed by atoms with Crippen LogP contribution in [0.15, 0.2) is 24.5 Å². The Morgan fingerprint density at radius 3 is 2.71 bits per heavy atom. The highest BCUT2D eigenvalue weighted by Gasteiger charge is 2.16. The van der Waals surface area contributed by atoms with Crippen molar-refractivity contribution in [1.29, 1.82) is 0 Å². The Labute approximate surface area is 99.9 Å². The molecule has 0 unspecified atom stereocenters. The molecule has 17 heavy (non-hydrogen) atoms. The van der Waals surface area contributed by atoms with E-state index < -0.39 is 0 Å². The zero-order valence-electron chi connectivity index (χ0n) is 9.63. The summed E-state index contributed by atoms with van der Waals surface area (Å²) in [5, 5.41) is 7.28. The number of anilines is 1. The van der Waals surface area contributed by atoms with E-state index in [2.05, 4.69) is 25.1 Å². The first-order valence-electron chi connectivity index (χ1n) is 5.97. The lowest BCUT2D eigenvalue weighted by Crippen LogP contribution is -2.18. The van der Waals surface area contributed by atoms with Crippen molar-refractivity contribution < 1.29 is 0 Å². The van der Waals surface area contributed by atoms with Gasteiger partial charge >= 0.3 is 0 Å². The number of hydrogen-bond acceptors (Lipinski definition) is 4. The van der Waals surface area contributed by atoms with Gasteiger partial charge in [0.15, 0.2) is 0 Å². The second-order valence-electron chi connectivity index (χ2n) is 4.31. The van der Waals surface area contributed by atoms with Crippen molar-refractivity contribution in [2.75, 3.05) is 18.0 Å². The lowest BCUT2D eigenvalue weighted by atomic mass is 10.2. The first-order chi connectivity index (χ1) is 8.42. The molecule has 0 bridgehead atoms. The molecule has 88 valence electrons. The Morgan fingerprint density at radius 1 is 1.18 bits per heavy atom. The van der Waals surface area contributed by atoms with Crippen molar-refractivity contribution in [2.45, 2.75) is 19.3 Å². The molecule has 0 atom stereocenters. The van der Waals surface area contributed by atoms with Crippen molar-refractivity contribution in [3.8, 4) is 0 Å². The highest BCUT2D eigenvalue weighted by Crippen LogP contribution is 2.15. The molecule has 0 amide bonds. The normalized spacial score (nSPS) is 15.4. The van der Waals surface area contributed by atoms with Crippen molar-refractivity contribution in [2.24, 2.45) is 0 Å². The molecule has 3 heterocycles. The molecule has 0 aromatic carbocycles. The van der Waals surface area contributed by atoms with Crippen LogP contribution in [0.5, 0.6) is 0 Å². The number of nitrogens with zero attached hydrogens (tertiary/aromatic N) is 4. The molecular weight excluding hydrogens is 214 g/mol. The average Bonchev–Trinajstić information content (AvgIpc) is 3.00. The third kappa shape index (κ3) is 2.27. The van der Waals surface area contributed by atoms with Gasteiger partial charge in [-0.2, -0.15) is 4.98 Å². The molecule has 2 aromatic rings. The van der Waals surface area contributed by atoms with Crippen LogP contribution in [0, 0.1) is 0 Å². The first kappa shape index (κ1) is 10.3. The van der Waals surface area contributed by atoms with Crippen LogP contribution in [0.4, 0.5) is 5.95 Å². The number of nitrogens with one attached hydrogen (secondary N) is 1. The van der Waals surface area contributed by atoms with Gasteiger partial charge in [0.1, 0.15) is 5.82 Å². The van der Waals surface area contributed by atoms with E-state index in [1.807, 2.05) is 12.1 Å². The maximum atomic E-state index is 4.53. The van der Waals surface area contributed by atoms with Crippen LogP contribution in [-0.4, -0.2) is 33.3 Å². The number of H-pyrrole nitrogens is 1. The molecule has 1 N–H and O–H groups in total. The molecule has 3 rings (SSSR count). The fourth-order valence-electron chi connectivity index (χ4n) is 2.12. The van der Waals surface area contributed by atoms with Crippen LogP contribution < -0.4 is 4.90 Å². The molecule has 0 spiro atoms. The van der Waals surface area contributed by atoms with Crippen LogP contribution >= 0.6 is 0 Å². The Kier molecular flexibility index (Phi) is 2.73. The molecule has 1 saturated heterocycles. The number of hydrogen-bond donors (Lipinski definition) is 1. The summed E-state index contributed by atoms with van der Waals surface area (Å²) < 4.78 is 0. The minimum atomic E-state index is 0.781. The molecule has 2 aromatic heterocycles. The highest BCUT2D eigenvalue weighted by molar-refractivity contribution is 5.30. The zero-order chi connectivity index (χ0) is 11.5. The number of pyridine rings is 1. The zero-order valence-corrected chi connectivity index (χ0v) is 9.63. The summed E-state index contributed by atoms with van der Waals surface area (Å²) in [6, 6.07) is 4.00. The van der Waals surface area contributed by atoms with E-state index in [1.165, 1.54) is 18.4 Å². The summed E-state index contributed by atoms with van der Waals surface area (Å²) in [4.78, 5) is 10.8. The summed E-state index contributed by atoms with van der Waals surface area (Å²) >= 11 is 0.